The Labute approximate surface area is 179 Å². The van der Waals surface area contributed by atoms with E-state index in [1.54, 1.807) is 11.8 Å². The lowest BCUT2D eigenvalue weighted by atomic mass is 9.96. The topological polar surface area (TPSA) is 75.7 Å². The van der Waals surface area contributed by atoms with Gasteiger partial charge in [0.15, 0.2) is 0 Å². The van der Waals surface area contributed by atoms with Crippen LogP contribution in [0.2, 0.25) is 0 Å². The molecule has 2 unspecified atom stereocenters. The molecule has 2 aromatic rings. The van der Waals surface area contributed by atoms with Crippen molar-refractivity contribution in [3.05, 3.63) is 59.2 Å². The predicted molar refractivity (Wildman–Crippen MR) is 115 cm³/mol. The number of thioether (sulfide) groups is 1. The normalized spacial score (nSPS) is 25.0. The molecular weight excluding hydrogens is 400 g/mol. The number of anilines is 1. The van der Waals surface area contributed by atoms with Crippen LogP contribution in [0.25, 0.3) is 0 Å². The zero-order chi connectivity index (χ0) is 20.8. The molecule has 1 N–H and O–H groups in total. The van der Waals surface area contributed by atoms with E-state index in [1.165, 1.54) is 5.56 Å². The summed E-state index contributed by atoms with van der Waals surface area (Å²) >= 11 is 1.10. The number of hydrogen-bond acceptors (Lipinski definition) is 5. The molecule has 1 fully saturated rings. The van der Waals surface area contributed by atoms with Crippen molar-refractivity contribution in [3.63, 3.8) is 0 Å². The fourth-order valence-electron chi connectivity index (χ4n) is 4.79. The summed E-state index contributed by atoms with van der Waals surface area (Å²) in [5.41, 5.74) is 4.25. The summed E-state index contributed by atoms with van der Waals surface area (Å²) in [4.78, 5) is 37.4. The summed E-state index contributed by atoms with van der Waals surface area (Å²) < 4.78 is 6.36. The molecule has 2 aromatic carbocycles. The third kappa shape index (κ3) is 3.27. The quantitative estimate of drug-likeness (QED) is 0.811. The maximum absolute atomic E-state index is 12.1. The number of rotatable bonds is 3. The van der Waals surface area contributed by atoms with Crippen molar-refractivity contribution in [3.8, 4) is 5.75 Å². The van der Waals surface area contributed by atoms with E-state index in [1.807, 2.05) is 36.4 Å². The number of fused-ring (bicyclic) bond motifs is 2. The second-order valence-corrected chi connectivity index (χ2v) is 9.06. The van der Waals surface area contributed by atoms with Crippen LogP contribution in [0.5, 0.6) is 5.75 Å². The van der Waals surface area contributed by atoms with Gasteiger partial charge >= 0.3 is 0 Å². The average Bonchev–Trinajstić information content (AvgIpc) is 3.29. The number of hydrogen-bond donors (Lipinski definition) is 1. The molecule has 0 spiro atoms. The van der Waals surface area contributed by atoms with Crippen LogP contribution in [-0.4, -0.2) is 28.8 Å². The van der Waals surface area contributed by atoms with E-state index < -0.39 is 0 Å². The number of imide groups is 1. The Balaban J connectivity index is 1.37. The zero-order valence-corrected chi connectivity index (χ0v) is 17.4. The van der Waals surface area contributed by atoms with Crippen LogP contribution in [-0.2, 0) is 16.0 Å². The third-order valence-corrected chi connectivity index (χ3v) is 7.28. The summed E-state index contributed by atoms with van der Waals surface area (Å²) in [5.74, 6) is 0.712. The summed E-state index contributed by atoms with van der Waals surface area (Å²) in [6.07, 6.45) is 2.35. The molecule has 2 heterocycles. The van der Waals surface area contributed by atoms with Crippen LogP contribution in [0.3, 0.4) is 0 Å². The van der Waals surface area contributed by atoms with Crippen molar-refractivity contribution in [2.45, 2.75) is 43.5 Å². The van der Waals surface area contributed by atoms with E-state index in [0.717, 1.165) is 53.6 Å². The first-order valence-electron chi connectivity index (χ1n) is 10.2. The number of nitrogens with zero attached hydrogens (tertiary/aromatic N) is 1. The molecule has 1 saturated heterocycles. The lowest BCUT2D eigenvalue weighted by Crippen LogP contribution is -2.36. The van der Waals surface area contributed by atoms with E-state index >= 15 is 0 Å². The van der Waals surface area contributed by atoms with Gasteiger partial charge in [0, 0.05) is 31.4 Å². The Bertz CT molecular complexity index is 1050. The van der Waals surface area contributed by atoms with Gasteiger partial charge in [-0.2, -0.15) is 0 Å². The van der Waals surface area contributed by atoms with Gasteiger partial charge in [0.2, 0.25) is 11.8 Å². The number of ether oxygens (including phenoxy) is 1. The van der Waals surface area contributed by atoms with Gasteiger partial charge in [-0.15, -0.1) is 0 Å². The van der Waals surface area contributed by atoms with Gasteiger partial charge in [-0.3, -0.25) is 19.7 Å². The van der Waals surface area contributed by atoms with Crippen LogP contribution in [0.4, 0.5) is 10.5 Å². The van der Waals surface area contributed by atoms with Crippen molar-refractivity contribution < 1.29 is 19.1 Å². The number of benzene rings is 2. The second-order valence-electron chi connectivity index (χ2n) is 7.95. The smallest absolute Gasteiger partial charge is 0.286 e. The molecule has 7 heteroatoms. The molecule has 0 radical (unpaired) electrons. The van der Waals surface area contributed by atoms with Crippen LogP contribution >= 0.6 is 11.8 Å². The third-order valence-electron chi connectivity index (χ3n) is 6.17. The summed E-state index contributed by atoms with van der Waals surface area (Å²) in [5, 5.41) is 1.80. The molecular formula is C23H22N2O4S. The van der Waals surface area contributed by atoms with Crippen LogP contribution in [0.1, 0.15) is 48.5 Å². The Morgan fingerprint density at radius 2 is 1.97 bits per heavy atom. The Morgan fingerprint density at radius 1 is 1.13 bits per heavy atom. The van der Waals surface area contributed by atoms with Crippen LogP contribution in [0.15, 0.2) is 42.5 Å². The molecule has 1 aliphatic carbocycles. The van der Waals surface area contributed by atoms with Gasteiger partial charge in [0.1, 0.15) is 17.1 Å². The van der Waals surface area contributed by atoms with Crippen LogP contribution in [0, 0.1) is 0 Å². The number of nitrogens with one attached hydrogen (secondary N) is 1. The number of carbonyl (C=O) groups excluding carboxylic acids is 3. The van der Waals surface area contributed by atoms with E-state index in [-0.39, 0.29) is 34.3 Å². The molecule has 0 bridgehead atoms. The van der Waals surface area contributed by atoms with Crippen molar-refractivity contribution in [2.75, 3.05) is 11.4 Å². The molecule has 2 aliphatic heterocycles. The first-order valence-corrected chi connectivity index (χ1v) is 11.1. The summed E-state index contributed by atoms with van der Waals surface area (Å²) in [7, 11) is 0. The highest BCUT2D eigenvalue weighted by Crippen LogP contribution is 2.44. The Kier molecular flexibility index (Phi) is 4.77. The molecule has 0 aromatic heterocycles. The van der Waals surface area contributed by atoms with Gasteiger partial charge in [0.25, 0.3) is 5.24 Å². The first-order chi connectivity index (χ1) is 14.5. The minimum Gasteiger partial charge on any atom is -0.486 e. The van der Waals surface area contributed by atoms with Gasteiger partial charge < -0.3 is 9.64 Å². The minimum absolute atomic E-state index is 0.0387. The van der Waals surface area contributed by atoms with Gasteiger partial charge in [-0.1, -0.05) is 36.0 Å². The highest BCUT2D eigenvalue weighted by atomic mass is 32.2. The van der Waals surface area contributed by atoms with Gasteiger partial charge in [-0.05, 0) is 42.2 Å². The number of amides is 3. The van der Waals surface area contributed by atoms with E-state index in [4.69, 9.17) is 4.74 Å². The Morgan fingerprint density at radius 3 is 2.73 bits per heavy atom. The molecule has 6 nitrogen and oxygen atoms in total. The lowest BCUT2D eigenvalue weighted by molar-refractivity contribution is -0.119. The maximum Gasteiger partial charge on any atom is 0.286 e. The molecule has 30 heavy (non-hydrogen) atoms. The van der Waals surface area contributed by atoms with Gasteiger partial charge in [0.05, 0.1) is 5.69 Å². The Hall–Kier alpha value is -2.80. The summed E-state index contributed by atoms with van der Waals surface area (Å²) in [6.45, 7) is 2.22. The van der Waals surface area contributed by atoms with Gasteiger partial charge in [-0.25, -0.2) is 0 Å². The fraction of sp³-hybridized carbons (Fsp3) is 0.348. The van der Waals surface area contributed by atoms with Crippen molar-refractivity contribution in [1.29, 1.82) is 0 Å². The van der Waals surface area contributed by atoms with Crippen LogP contribution < -0.4 is 15.0 Å². The number of aryl methyl sites for hydroxylation is 1. The SMILES string of the molecule is CC(=O)N1CCC(Oc2ccc3c(c2)CC[C@H]3C2SC(=O)NC2=O)c2ccccc21. The molecule has 3 amide bonds. The minimum atomic E-state index is -0.340. The number of para-hydroxylation sites is 1. The molecule has 154 valence electrons. The highest BCUT2D eigenvalue weighted by Gasteiger charge is 2.41. The zero-order valence-electron chi connectivity index (χ0n) is 16.6. The molecule has 0 saturated carbocycles. The van der Waals surface area contributed by atoms with E-state index in [2.05, 4.69) is 11.4 Å². The van der Waals surface area contributed by atoms with Crippen molar-refractivity contribution in [2.24, 2.45) is 0 Å². The second kappa shape index (κ2) is 7.47. The lowest BCUT2D eigenvalue weighted by Gasteiger charge is -2.34. The van der Waals surface area contributed by atoms with Crippen molar-refractivity contribution in [1.82, 2.24) is 5.32 Å². The standard InChI is InChI=1S/C23H22N2O4S/c1-13(26)25-11-10-20(18-4-2-3-5-19(18)25)29-15-7-9-16-14(12-15)6-8-17(16)21-22(27)24-23(28)30-21/h2-5,7,9,12,17,20-21H,6,8,10-11H2,1H3,(H,24,27,28)/t17-,20?,21?/m1/s1. The number of carbonyl (C=O) groups is 3. The largest absolute Gasteiger partial charge is 0.486 e. The van der Waals surface area contributed by atoms with E-state index in [0.29, 0.717) is 6.54 Å². The predicted octanol–water partition coefficient (Wildman–Crippen LogP) is 3.94. The maximum atomic E-state index is 12.1. The fourth-order valence-corrected chi connectivity index (χ4v) is 5.79. The van der Waals surface area contributed by atoms with Crippen molar-refractivity contribution >= 4 is 34.5 Å². The monoisotopic (exact) mass is 422 g/mol. The summed E-state index contributed by atoms with van der Waals surface area (Å²) in [6, 6.07) is 13.9. The molecule has 3 atom stereocenters. The molecule has 3 aliphatic rings. The van der Waals surface area contributed by atoms with E-state index in [9.17, 15) is 14.4 Å². The average molecular weight is 423 g/mol. The molecule has 5 rings (SSSR count). The first kappa shape index (κ1) is 19.2. The highest BCUT2D eigenvalue weighted by molar-refractivity contribution is 8.15.